The predicted molar refractivity (Wildman–Crippen MR) is 133 cm³/mol. The normalized spacial score (nSPS) is 14.5. The molecule has 1 aliphatic heterocycles. The number of rotatable bonds is 4. The minimum Gasteiger partial charge on any atom is -0.336 e. The summed E-state index contributed by atoms with van der Waals surface area (Å²) in [5.74, 6) is -0.272. The van der Waals surface area contributed by atoms with Gasteiger partial charge in [0.15, 0.2) is 0 Å². The van der Waals surface area contributed by atoms with Crippen molar-refractivity contribution in [1.29, 1.82) is 0 Å². The Morgan fingerprint density at radius 1 is 0.824 bits per heavy atom. The molecule has 34 heavy (non-hydrogen) atoms. The molecule has 5 rings (SSSR count). The van der Waals surface area contributed by atoms with Gasteiger partial charge in [-0.3, -0.25) is 4.79 Å². The number of aryl methyl sites for hydroxylation is 1. The number of carbonyl (C=O) groups excluding carboxylic acids is 1. The third-order valence-electron chi connectivity index (χ3n) is 6.45. The molecular formula is C28H27FN4O. The van der Waals surface area contributed by atoms with Gasteiger partial charge in [-0.25, -0.2) is 14.4 Å². The summed E-state index contributed by atoms with van der Waals surface area (Å²) in [6, 6.07) is 20.1. The molecule has 0 saturated carbocycles. The molecule has 3 aromatic carbocycles. The number of fused-ring (bicyclic) bond motifs is 1. The van der Waals surface area contributed by atoms with E-state index in [1.54, 1.807) is 12.1 Å². The summed E-state index contributed by atoms with van der Waals surface area (Å²) in [4.78, 5) is 27.1. The van der Waals surface area contributed by atoms with E-state index in [1.165, 1.54) is 17.7 Å². The molecule has 0 unspecified atom stereocenters. The van der Waals surface area contributed by atoms with Crippen LogP contribution in [0.3, 0.4) is 0 Å². The van der Waals surface area contributed by atoms with Crippen molar-refractivity contribution < 1.29 is 9.18 Å². The SMILES string of the molecule is CCc1ccc(-c2nc3cc(C(=O)N4CCN(C)CC4)ccc3nc2-c2ccc(F)cc2)cc1. The Morgan fingerprint density at radius 2 is 1.41 bits per heavy atom. The molecule has 1 amide bonds. The fourth-order valence-corrected chi connectivity index (χ4v) is 4.29. The van der Waals surface area contributed by atoms with E-state index in [2.05, 4.69) is 31.0 Å². The Labute approximate surface area is 198 Å². The zero-order valence-electron chi connectivity index (χ0n) is 19.5. The monoisotopic (exact) mass is 454 g/mol. The smallest absolute Gasteiger partial charge is 0.254 e. The van der Waals surface area contributed by atoms with E-state index < -0.39 is 0 Å². The quantitative estimate of drug-likeness (QED) is 0.433. The Kier molecular flexibility index (Phi) is 6.07. The second-order valence-electron chi connectivity index (χ2n) is 8.78. The maximum absolute atomic E-state index is 13.6. The van der Waals surface area contributed by atoms with E-state index in [9.17, 15) is 9.18 Å². The van der Waals surface area contributed by atoms with Crippen molar-refractivity contribution in [1.82, 2.24) is 19.8 Å². The summed E-state index contributed by atoms with van der Waals surface area (Å²) in [5, 5.41) is 0. The van der Waals surface area contributed by atoms with Crippen LogP contribution in [0.1, 0.15) is 22.8 Å². The average molecular weight is 455 g/mol. The van der Waals surface area contributed by atoms with Crippen molar-refractivity contribution in [3.8, 4) is 22.5 Å². The van der Waals surface area contributed by atoms with Crippen LogP contribution in [0.15, 0.2) is 66.7 Å². The lowest BCUT2D eigenvalue weighted by Crippen LogP contribution is -2.47. The van der Waals surface area contributed by atoms with Gasteiger partial charge in [0.25, 0.3) is 5.91 Å². The highest BCUT2D eigenvalue weighted by Gasteiger charge is 2.21. The van der Waals surface area contributed by atoms with Gasteiger partial charge in [-0.05, 0) is 61.5 Å². The summed E-state index contributed by atoms with van der Waals surface area (Å²) < 4.78 is 13.6. The summed E-state index contributed by atoms with van der Waals surface area (Å²) in [6.07, 6.45) is 0.951. The molecular weight excluding hydrogens is 427 g/mol. The molecule has 0 bridgehead atoms. The van der Waals surface area contributed by atoms with Crippen LogP contribution in [-0.4, -0.2) is 58.9 Å². The second-order valence-corrected chi connectivity index (χ2v) is 8.78. The summed E-state index contributed by atoms with van der Waals surface area (Å²) >= 11 is 0. The van der Waals surface area contributed by atoms with Gasteiger partial charge in [-0.15, -0.1) is 0 Å². The van der Waals surface area contributed by atoms with Crippen LogP contribution in [0, 0.1) is 5.82 Å². The molecule has 0 spiro atoms. The standard InChI is InChI=1S/C28H27FN4O/c1-3-19-4-6-20(7-5-19)27-26(21-8-11-23(29)12-9-21)30-24-13-10-22(18-25(24)31-27)28(34)33-16-14-32(2)15-17-33/h4-13,18H,3,14-17H2,1-2H3. The van der Waals surface area contributed by atoms with E-state index in [-0.39, 0.29) is 11.7 Å². The number of nitrogens with zero attached hydrogens (tertiary/aromatic N) is 4. The van der Waals surface area contributed by atoms with E-state index in [1.807, 2.05) is 35.2 Å². The van der Waals surface area contributed by atoms with Gasteiger partial charge in [0.1, 0.15) is 5.82 Å². The first-order valence-electron chi connectivity index (χ1n) is 11.7. The molecule has 0 radical (unpaired) electrons. The van der Waals surface area contributed by atoms with Gasteiger partial charge in [-0.2, -0.15) is 0 Å². The molecule has 1 aromatic heterocycles. The van der Waals surface area contributed by atoms with Crippen LogP contribution < -0.4 is 0 Å². The molecule has 4 aromatic rings. The van der Waals surface area contributed by atoms with E-state index in [0.29, 0.717) is 28.0 Å². The van der Waals surface area contributed by atoms with Crippen molar-refractivity contribution in [2.45, 2.75) is 13.3 Å². The van der Waals surface area contributed by atoms with Gasteiger partial charge in [0.05, 0.1) is 22.4 Å². The average Bonchev–Trinajstić information content (AvgIpc) is 2.88. The number of benzene rings is 3. The van der Waals surface area contributed by atoms with Crippen LogP contribution in [0.5, 0.6) is 0 Å². The number of hydrogen-bond donors (Lipinski definition) is 0. The zero-order valence-corrected chi connectivity index (χ0v) is 19.5. The van der Waals surface area contributed by atoms with E-state index in [0.717, 1.165) is 43.7 Å². The number of piperazine rings is 1. The number of amides is 1. The first-order chi connectivity index (χ1) is 16.5. The number of aromatic nitrogens is 2. The van der Waals surface area contributed by atoms with Gasteiger partial charge < -0.3 is 9.80 Å². The highest BCUT2D eigenvalue weighted by atomic mass is 19.1. The second kappa shape index (κ2) is 9.31. The summed E-state index contributed by atoms with van der Waals surface area (Å²) in [5.41, 5.74) is 6.35. The molecule has 0 aliphatic carbocycles. The minimum absolute atomic E-state index is 0.0215. The Balaban J connectivity index is 1.60. The van der Waals surface area contributed by atoms with Crippen molar-refractivity contribution in [2.75, 3.05) is 33.2 Å². The highest BCUT2D eigenvalue weighted by molar-refractivity contribution is 5.98. The zero-order chi connectivity index (χ0) is 23.7. The Hall–Kier alpha value is -3.64. The van der Waals surface area contributed by atoms with Crippen LogP contribution in [0.2, 0.25) is 0 Å². The molecule has 5 nitrogen and oxygen atoms in total. The van der Waals surface area contributed by atoms with Crippen molar-refractivity contribution >= 4 is 16.9 Å². The van der Waals surface area contributed by atoms with E-state index >= 15 is 0 Å². The fraction of sp³-hybridized carbons (Fsp3) is 0.250. The number of likely N-dealkylation sites (N-methyl/N-ethyl adjacent to an activating group) is 1. The molecule has 1 aliphatic rings. The van der Waals surface area contributed by atoms with Crippen LogP contribution in [-0.2, 0) is 6.42 Å². The number of halogens is 1. The first kappa shape index (κ1) is 22.2. The lowest BCUT2D eigenvalue weighted by molar-refractivity contribution is 0.0664. The highest BCUT2D eigenvalue weighted by Crippen LogP contribution is 2.32. The topological polar surface area (TPSA) is 49.3 Å². The first-order valence-corrected chi connectivity index (χ1v) is 11.7. The lowest BCUT2D eigenvalue weighted by atomic mass is 10.0. The molecule has 2 heterocycles. The molecule has 172 valence electrons. The van der Waals surface area contributed by atoms with Gasteiger partial charge in [0, 0.05) is 42.9 Å². The van der Waals surface area contributed by atoms with Gasteiger partial charge in [-0.1, -0.05) is 31.2 Å². The largest absolute Gasteiger partial charge is 0.336 e. The minimum atomic E-state index is -0.293. The van der Waals surface area contributed by atoms with Gasteiger partial charge >= 0.3 is 0 Å². The van der Waals surface area contributed by atoms with Gasteiger partial charge in [0.2, 0.25) is 0 Å². The molecule has 0 N–H and O–H groups in total. The van der Waals surface area contributed by atoms with Crippen molar-refractivity contribution in [3.63, 3.8) is 0 Å². The lowest BCUT2D eigenvalue weighted by Gasteiger charge is -2.32. The molecule has 1 saturated heterocycles. The van der Waals surface area contributed by atoms with Crippen molar-refractivity contribution in [2.24, 2.45) is 0 Å². The molecule has 6 heteroatoms. The third kappa shape index (κ3) is 4.41. The van der Waals surface area contributed by atoms with E-state index in [4.69, 9.17) is 9.97 Å². The fourth-order valence-electron chi connectivity index (χ4n) is 4.29. The van der Waals surface area contributed by atoms with Crippen LogP contribution >= 0.6 is 0 Å². The Bertz CT molecular complexity index is 1330. The maximum atomic E-state index is 13.6. The maximum Gasteiger partial charge on any atom is 0.254 e. The summed E-state index contributed by atoms with van der Waals surface area (Å²) in [7, 11) is 2.07. The van der Waals surface area contributed by atoms with Crippen LogP contribution in [0.4, 0.5) is 4.39 Å². The number of carbonyl (C=O) groups is 1. The molecule has 0 atom stereocenters. The molecule has 1 fully saturated rings. The Morgan fingerprint density at radius 3 is 2.03 bits per heavy atom. The van der Waals surface area contributed by atoms with Crippen molar-refractivity contribution in [3.05, 3.63) is 83.7 Å². The summed E-state index contributed by atoms with van der Waals surface area (Å²) in [6.45, 7) is 5.30. The predicted octanol–water partition coefficient (Wildman–Crippen LogP) is 5.05. The third-order valence-corrected chi connectivity index (χ3v) is 6.45. The number of hydrogen-bond acceptors (Lipinski definition) is 4. The van der Waals surface area contributed by atoms with Crippen LogP contribution in [0.25, 0.3) is 33.5 Å².